The molecule has 0 bridgehead atoms. The molecule has 6 heteroatoms. The maximum absolute atomic E-state index is 5.37. The first kappa shape index (κ1) is 12.5. The molecule has 2 rings (SSSR count). The summed E-state index contributed by atoms with van der Waals surface area (Å²) < 4.78 is 6.99. The number of hydrogen-bond acceptors (Lipinski definition) is 5. The number of ether oxygens (including phenoxy) is 1. The molecule has 0 aliphatic carbocycles. The van der Waals surface area contributed by atoms with Crippen LogP contribution in [-0.4, -0.2) is 39.5 Å². The van der Waals surface area contributed by atoms with Crippen LogP contribution < -0.4 is 5.32 Å². The van der Waals surface area contributed by atoms with Gasteiger partial charge in [0.2, 0.25) is 0 Å². The first-order valence-corrected chi connectivity index (χ1v) is 5.97. The minimum absolute atomic E-state index is 0.258. The van der Waals surface area contributed by atoms with Gasteiger partial charge in [0.25, 0.3) is 0 Å². The van der Waals surface area contributed by atoms with Crippen molar-refractivity contribution in [1.82, 2.24) is 20.2 Å². The Morgan fingerprint density at radius 2 is 2.33 bits per heavy atom. The molecule has 0 aliphatic heterocycles. The molecule has 0 aliphatic rings. The van der Waals surface area contributed by atoms with E-state index in [0.29, 0.717) is 6.61 Å². The third-order valence-corrected chi connectivity index (χ3v) is 2.44. The van der Waals surface area contributed by atoms with Crippen molar-refractivity contribution in [1.29, 1.82) is 0 Å². The Morgan fingerprint density at radius 1 is 1.44 bits per heavy atom. The van der Waals surface area contributed by atoms with Crippen molar-refractivity contribution in [3.05, 3.63) is 30.6 Å². The number of nitrogens with zero attached hydrogens (tertiary/aromatic N) is 4. The van der Waals surface area contributed by atoms with Gasteiger partial charge in [-0.25, -0.2) is 4.68 Å². The lowest BCUT2D eigenvalue weighted by atomic mass is 10.2. The van der Waals surface area contributed by atoms with Crippen LogP contribution in [-0.2, 0) is 4.74 Å². The molecule has 2 aromatic rings. The average molecular weight is 247 g/mol. The topological polar surface area (TPSA) is 64.9 Å². The molecule has 1 unspecified atom stereocenters. The van der Waals surface area contributed by atoms with Gasteiger partial charge in [0.05, 0.1) is 12.3 Å². The van der Waals surface area contributed by atoms with Crippen LogP contribution in [0.1, 0.15) is 13.8 Å². The maximum atomic E-state index is 5.37. The number of nitrogens with one attached hydrogen (secondary N) is 1. The summed E-state index contributed by atoms with van der Waals surface area (Å²) in [5.74, 6) is 0. The van der Waals surface area contributed by atoms with Crippen molar-refractivity contribution < 1.29 is 4.74 Å². The molecule has 0 spiro atoms. The first-order chi connectivity index (χ1) is 8.79. The number of aromatic nitrogens is 4. The Morgan fingerprint density at radius 3 is 3.06 bits per heavy atom. The molecule has 6 nitrogen and oxygen atoms in total. The molecule has 1 atom stereocenters. The zero-order valence-corrected chi connectivity index (χ0v) is 10.6. The van der Waals surface area contributed by atoms with Crippen LogP contribution in [0.3, 0.4) is 0 Å². The largest absolute Gasteiger partial charge is 0.380 e. The van der Waals surface area contributed by atoms with Gasteiger partial charge in [-0.2, -0.15) is 0 Å². The lowest BCUT2D eigenvalue weighted by molar-refractivity contribution is 0.141. The van der Waals surface area contributed by atoms with Crippen molar-refractivity contribution in [2.24, 2.45) is 0 Å². The summed E-state index contributed by atoms with van der Waals surface area (Å²) >= 11 is 0. The van der Waals surface area contributed by atoms with E-state index in [2.05, 4.69) is 27.8 Å². The minimum Gasteiger partial charge on any atom is -0.380 e. The van der Waals surface area contributed by atoms with Crippen molar-refractivity contribution in [3.8, 4) is 5.69 Å². The van der Waals surface area contributed by atoms with Gasteiger partial charge in [0, 0.05) is 18.3 Å². The molecular weight excluding hydrogens is 230 g/mol. The van der Waals surface area contributed by atoms with Gasteiger partial charge in [-0.3, -0.25) is 0 Å². The highest BCUT2D eigenvalue weighted by Gasteiger charge is 2.03. The normalized spacial score (nSPS) is 12.3. The number of hydrogen-bond donors (Lipinski definition) is 1. The smallest absolute Gasteiger partial charge is 0.143 e. The number of benzene rings is 1. The van der Waals surface area contributed by atoms with Crippen LogP contribution in [0.4, 0.5) is 5.69 Å². The van der Waals surface area contributed by atoms with E-state index in [1.807, 2.05) is 31.2 Å². The summed E-state index contributed by atoms with van der Waals surface area (Å²) in [6.07, 6.45) is 1.57. The molecule has 1 aromatic heterocycles. The standard InChI is InChI=1S/C12H17N5O/c1-3-18-8-10(2)14-11-5-4-6-12(7-11)17-9-13-15-16-17/h4-7,9-10,14H,3,8H2,1-2H3. The number of tetrazole rings is 1. The van der Waals surface area contributed by atoms with Gasteiger partial charge < -0.3 is 10.1 Å². The lowest BCUT2D eigenvalue weighted by Crippen LogP contribution is -2.21. The summed E-state index contributed by atoms with van der Waals surface area (Å²) in [5, 5.41) is 14.5. The average Bonchev–Trinajstić information content (AvgIpc) is 2.90. The van der Waals surface area contributed by atoms with Crippen molar-refractivity contribution in [3.63, 3.8) is 0 Å². The van der Waals surface area contributed by atoms with Crippen molar-refractivity contribution in [2.75, 3.05) is 18.5 Å². The Balaban J connectivity index is 2.03. The molecule has 18 heavy (non-hydrogen) atoms. The van der Waals surface area contributed by atoms with Crippen LogP contribution in [0.5, 0.6) is 0 Å². The van der Waals surface area contributed by atoms with Crippen molar-refractivity contribution in [2.45, 2.75) is 19.9 Å². The third kappa shape index (κ3) is 3.27. The zero-order valence-electron chi connectivity index (χ0n) is 10.6. The number of anilines is 1. The fraction of sp³-hybridized carbons (Fsp3) is 0.417. The second-order valence-corrected chi connectivity index (χ2v) is 4.01. The Hall–Kier alpha value is -1.95. The molecule has 0 fully saturated rings. The fourth-order valence-corrected chi connectivity index (χ4v) is 1.64. The van der Waals surface area contributed by atoms with E-state index in [0.717, 1.165) is 18.0 Å². The predicted octanol–water partition coefficient (Wildman–Crippen LogP) is 1.50. The number of rotatable bonds is 6. The van der Waals surface area contributed by atoms with E-state index in [4.69, 9.17) is 4.74 Å². The summed E-state index contributed by atoms with van der Waals surface area (Å²) in [5.41, 5.74) is 1.95. The molecule has 1 N–H and O–H groups in total. The summed E-state index contributed by atoms with van der Waals surface area (Å²) in [6, 6.07) is 8.19. The molecule has 96 valence electrons. The Kier molecular flexibility index (Phi) is 4.25. The van der Waals surface area contributed by atoms with E-state index in [9.17, 15) is 0 Å². The second-order valence-electron chi connectivity index (χ2n) is 4.01. The SMILES string of the molecule is CCOCC(C)Nc1cccc(-n2cnnn2)c1. The predicted molar refractivity (Wildman–Crippen MR) is 68.7 cm³/mol. The molecule has 1 heterocycles. The van der Waals surface area contributed by atoms with Gasteiger partial charge in [0.1, 0.15) is 6.33 Å². The molecular formula is C12H17N5O. The monoisotopic (exact) mass is 247 g/mol. The summed E-state index contributed by atoms with van der Waals surface area (Å²) in [4.78, 5) is 0. The quantitative estimate of drug-likeness (QED) is 0.838. The highest BCUT2D eigenvalue weighted by Crippen LogP contribution is 2.14. The highest BCUT2D eigenvalue weighted by atomic mass is 16.5. The molecule has 0 saturated heterocycles. The fourth-order valence-electron chi connectivity index (χ4n) is 1.64. The minimum atomic E-state index is 0.258. The molecule has 0 radical (unpaired) electrons. The molecule has 0 amide bonds. The van der Waals surface area contributed by atoms with Crippen LogP contribution in [0.25, 0.3) is 5.69 Å². The summed E-state index contributed by atoms with van der Waals surface area (Å²) in [7, 11) is 0. The van der Waals surface area contributed by atoms with Gasteiger partial charge >= 0.3 is 0 Å². The van der Waals surface area contributed by atoms with Gasteiger partial charge in [-0.15, -0.1) is 5.10 Å². The highest BCUT2D eigenvalue weighted by molar-refractivity contribution is 5.51. The van der Waals surface area contributed by atoms with E-state index in [1.54, 1.807) is 11.0 Å². The van der Waals surface area contributed by atoms with Gasteiger partial charge in [-0.05, 0) is 42.5 Å². The van der Waals surface area contributed by atoms with Crippen LogP contribution in [0, 0.1) is 0 Å². The van der Waals surface area contributed by atoms with E-state index in [1.165, 1.54) is 0 Å². The van der Waals surface area contributed by atoms with E-state index < -0.39 is 0 Å². The third-order valence-electron chi connectivity index (χ3n) is 2.44. The van der Waals surface area contributed by atoms with Gasteiger partial charge in [0.15, 0.2) is 0 Å². The molecule has 0 saturated carbocycles. The lowest BCUT2D eigenvalue weighted by Gasteiger charge is -2.15. The Labute approximate surface area is 106 Å². The maximum Gasteiger partial charge on any atom is 0.143 e. The molecule has 1 aromatic carbocycles. The van der Waals surface area contributed by atoms with Gasteiger partial charge in [-0.1, -0.05) is 6.07 Å². The Bertz CT molecular complexity index is 471. The van der Waals surface area contributed by atoms with Crippen LogP contribution >= 0.6 is 0 Å². The van der Waals surface area contributed by atoms with Crippen LogP contribution in [0.2, 0.25) is 0 Å². The van der Waals surface area contributed by atoms with Crippen molar-refractivity contribution >= 4 is 5.69 Å². The zero-order chi connectivity index (χ0) is 12.8. The van der Waals surface area contributed by atoms with E-state index >= 15 is 0 Å². The van der Waals surface area contributed by atoms with Crippen LogP contribution in [0.15, 0.2) is 30.6 Å². The van der Waals surface area contributed by atoms with E-state index in [-0.39, 0.29) is 6.04 Å². The second kappa shape index (κ2) is 6.11. The summed E-state index contributed by atoms with van der Waals surface area (Å²) in [6.45, 7) is 5.49. The first-order valence-electron chi connectivity index (χ1n) is 5.97.